The molecule has 4 heteroatoms. The smallest absolute Gasteiger partial charge is 0.150 e. The van der Waals surface area contributed by atoms with Crippen LogP contribution in [0.4, 0.5) is 11.5 Å². The first-order valence-electron chi connectivity index (χ1n) is 7.68. The van der Waals surface area contributed by atoms with Gasteiger partial charge in [-0.1, -0.05) is 20.3 Å². The number of piperidine rings is 1. The maximum absolute atomic E-state index is 6.39. The van der Waals surface area contributed by atoms with E-state index < -0.39 is 0 Å². The molecule has 1 aromatic rings. The van der Waals surface area contributed by atoms with Crippen LogP contribution in [0, 0.1) is 5.92 Å². The van der Waals surface area contributed by atoms with Crippen LogP contribution < -0.4 is 10.6 Å². The molecule has 3 rings (SSSR count). The van der Waals surface area contributed by atoms with Crippen LogP contribution in [0.5, 0.6) is 0 Å². The Labute approximate surface area is 116 Å². The monoisotopic (exact) mass is 262 g/mol. The average Bonchev–Trinajstić information content (AvgIpc) is 2.94. The molecule has 1 aromatic heterocycles. The van der Waals surface area contributed by atoms with Crippen LogP contribution in [-0.2, 0) is 7.05 Å². The summed E-state index contributed by atoms with van der Waals surface area (Å²) in [5.41, 5.74) is 8.35. The highest BCUT2D eigenvalue weighted by molar-refractivity contribution is 5.67. The third kappa shape index (κ3) is 2.01. The van der Waals surface area contributed by atoms with Gasteiger partial charge in [0, 0.05) is 19.6 Å². The van der Waals surface area contributed by atoms with Gasteiger partial charge in [0.15, 0.2) is 5.82 Å². The van der Waals surface area contributed by atoms with E-state index >= 15 is 0 Å². The molecule has 0 amide bonds. The number of nitrogens with two attached hydrogens (primary N) is 1. The molecule has 106 valence electrons. The van der Waals surface area contributed by atoms with Crippen molar-refractivity contribution in [2.45, 2.75) is 57.9 Å². The van der Waals surface area contributed by atoms with Crippen LogP contribution in [0.25, 0.3) is 0 Å². The number of hydrogen-bond donors (Lipinski definition) is 1. The molecular formula is C15H26N4. The second kappa shape index (κ2) is 4.73. The minimum atomic E-state index is 0.393. The van der Waals surface area contributed by atoms with Crippen LogP contribution in [0.2, 0.25) is 0 Å². The van der Waals surface area contributed by atoms with Gasteiger partial charge in [0.2, 0.25) is 0 Å². The summed E-state index contributed by atoms with van der Waals surface area (Å²) in [5.74, 6) is 2.44. The lowest BCUT2D eigenvalue weighted by Crippen LogP contribution is -2.43. The highest BCUT2D eigenvalue weighted by Crippen LogP contribution is 2.41. The Morgan fingerprint density at radius 1 is 1.21 bits per heavy atom. The number of nitrogens with zero attached hydrogens (tertiary/aromatic N) is 3. The molecule has 2 aliphatic rings. The summed E-state index contributed by atoms with van der Waals surface area (Å²) in [6.45, 7) is 5.47. The zero-order chi connectivity index (χ0) is 13.6. The number of hydrogen-bond acceptors (Lipinski definition) is 3. The molecule has 1 saturated carbocycles. The summed E-state index contributed by atoms with van der Waals surface area (Å²) in [6, 6.07) is 0.700. The first-order chi connectivity index (χ1) is 9.09. The van der Waals surface area contributed by atoms with Gasteiger partial charge in [-0.2, -0.15) is 5.10 Å². The minimum absolute atomic E-state index is 0.393. The van der Waals surface area contributed by atoms with Crippen molar-refractivity contribution in [3.8, 4) is 0 Å². The zero-order valence-corrected chi connectivity index (χ0v) is 12.4. The molecule has 2 atom stereocenters. The summed E-state index contributed by atoms with van der Waals surface area (Å²) < 4.78 is 2.01. The van der Waals surface area contributed by atoms with E-state index in [1.165, 1.54) is 37.9 Å². The average molecular weight is 262 g/mol. The van der Waals surface area contributed by atoms with E-state index in [0.717, 1.165) is 23.8 Å². The van der Waals surface area contributed by atoms with Crippen molar-refractivity contribution in [2.75, 3.05) is 17.2 Å². The molecule has 2 unspecified atom stereocenters. The van der Waals surface area contributed by atoms with Crippen LogP contribution in [0.3, 0.4) is 0 Å². The van der Waals surface area contributed by atoms with Gasteiger partial charge in [-0.15, -0.1) is 0 Å². The van der Waals surface area contributed by atoms with Crippen molar-refractivity contribution in [1.82, 2.24) is 9.78 Å². The first kappa shape index (κ1) is 12.8. The van der Waals surface area contributed by atoms with Crippen molar-refractivity contribution < 1.29 is 0 Å². The second-order valence-corrected chi connectivity index (χ2v) is 6.49. The summed E-state index contributed by atoms with van der Waals surface area (Å²) in [5, 5.41) is 4.65. The molecule has 0 bridgehead atoms. The number of anilines is 2. The van der Waals surface area contributed by atoms with E-state index in [2.05, 4.69) is 23.8 Å². The molecule has 0 aromatic carbocycles. The fourth-order valence-electron chi connectivity index (χ4n) is 4.04. The number of nitrogen functional groups attached to an aromatic ring is 1. The van der Waals surface area contributed by atoms with Gasteiger partial charge >= 0.3 is 0 Å². The van der Waals surface area contributed by atoms with Crippen molar-refractivity contribution in [1.29, 1.82) is 0 Å². The maximum atomic E-state index is 6.39. The SMILES string of the molecule is CC(C)c1nn(C)c(N2CCCC3CCCC32)c1N. The van der Waals surface area contributed by atoms with Gasteiger partial charge in [-0.05, 0) is 37.5 Å². The number of fused-ring (bicyclic) bond motifs is 1. The molecule has 2 N–H and O–H groups in total. The molecule has 4 nitrogen and oxygen atoms in total. The van der Waals surface area contributed by atoms with Crippen LogP contribution >= 0.6 is 0 Å². The third-order valence-electron chi connectivity index (χ3n) is 4.89. The number of rotatable bonds is 2. The Morgan fingerprint density at radius 2 is 1.95 bits per heavy atom. The van der Waals surface area contributed by atoms with Gasteiger partial charge < -0.3 is 10.6 Å². The Bertz CT molecular complexity index is 463. The predicted molar refractivity (Wildman–Crippen MR) is 79.4 cm³/mol. The second-order valence-electron chi connectivity index (χ2n) is 6.49. The quantitative estimate of drug-likeness (QED) is 0.891. The van der Waals surface area contributed by atoms with E-state index in [-0.39, 0.29) is 0 Å². The van der Waals surface area contributed by atoms with Crippen LogP contribution in [0.15, 0.2) is 0 Å². The summed E-state index contributed by atoms with van der Waals surface area (Å²) in [7, 11) is 2.04. The molecule has 1 aliphatic heterocycles. The molecule has 2 fully saturated rings. The largest absolute Gasteiger partial charge is 0.394 e. The van der Waals surface area contributed by atoms with E-state index in [4.69, 9.17) is 5.73 Å². The molecule has 2 heterocycles. The molecule has 19 heavy (non-hydrogen) atoms. The Morgan fingerprint density at radius 3 is 2.63 bits per heavy atom. The lowest BCUT2D eigenvalue weighted by atomic mass is 9.92. The van der Waals surface area contributed by atoms with E-state index in [1.807, 2.05) is 11.7 Å². The Hall–Kier alpha value is -1.19. The highest BCUT2D eigenvalue weighted by Gasteiger charge is 2.37. The van der Waals surface area contributed by atoms with Gasteiger partial charge in [-0.3, -0.25) is 4.68 Å². The fourth-order valence-corrected chi connectivity index (χ4v) is 4.04. The summed E-state index contributed by atoms with van der Waals surface area (Å²) >= 11 is 0. The summed E-state index contributed by atoms with van der Waals surface area (Å²) in [6.07, 6.45) is 6.79. The van der Waals surface area contributed by atoms with Gasteiger partial charge in [-0.25, -0.2) is 0 Å². The highest BCUT2D eigenvalue weighted by atomic mass is 15.4. The maximum Gasteiger partial charge on any atom is 0.150 e. The zero-order valence-electron chi connectivity index (χ0n) is 12.4. The standard InChI is InChI=1S/C15H26N4/c1-10(2)14-13(16)15(18(3)17-14)19-9-5-7-11-6-4-8-12(11)19/h10-12H,4-9,16H2,1-3H3. The topological polar surface area (TPSA) is 47.1 Å². The van der Waals surface area contributed by atoms with Gasteiger partial charge in [0.25, 0.3) is 0 Å². The van der Waals surface area contributed by atoms with Crippen LogP contribution in [-0.4, -0.2) is 22.4 Å². The molecule has 0 radical (unpaired) electrons. The van der Waals surface area contributed by atoms with Crippen molar-refractivity contribution >= 4 is 11.5 Å². The summed E-state index contributed by atoms with van der Waals surface area (Å²) in [4.78, 5) is 2.55. The molecular weight excluding hydrogens is 236 g/mol. The normalized spacial score (nSPS) is 27.1. The molecule has 1 saturated heterocycles. The lowest BCUT2D eigenvalue weighted by Gasteiger charge is -2.39. The predicted octanol–water partition coefficient (Wildman–Crippen LogP) is 2.89. The van der Waals surface area contributed by atoms with E-state index in [0.29, 0.717) is 12.0 Å². The Kier molecular flexibility index (Phi) is 3.19. The van der Waals surface area contributed by atoms with Crippen molar-refractivity contribution in [2.24, 2.45) is 13.0 Å². The van der Waals surface area contributed by atoms with Gasteiger partial charge in [0.05, 0.1) is 11.4 Å². The van der Waals surface area contributed by atoms with E-state index in [1.54, 1.807) is 0 Å². The van der Waals surface area contributed by atoms with Gasteiger partial charge in [0.1, 0.15) is 0 Å². The van der Waals surface area contributed by atoms with Crippen molar-refractivity contribution in [3.63, 3.8) is 0 Å². The number of aromatic nitrogens is 2. The minimum Gasteiger partial charge on any atom is -0.394 e. The van der Waals surface area contributed by atoms with Crippen molar-refractivity contribution in [3.05, 3.63) is 5.69 Å². The fraction of sp³-hybridized carbons (Fsp3) is 0.800. The molecule has 0 spiro atoms. The Balaban J connectivity index is 1.97. The van der Waals surface area contributed by atoms with E-state index in [9.17, 15) is 0 Å². The lowest BCUT2D eigenvalue weighted by molar-refractivity contribution is 0.358. The number of aryl methyl sites for hydroxylation is 1. The van der Waals surface area contributed by atoms with Crippen LogP contribution in [0.1, 0.15) is 57.6 Å². The third-order valence-corrected chi connectivity index (χ3v) is 4.89. The first-order valence-corrected chi connectivity index (χ1v) is 7.68. The molecule has 1 aliphatic carbocycles.